The van der Waals surface area contributed by atoms with Crippen LogP contribution in [0.3, 0.4) is 0 Å². The minimum atomic E-state index is -0.115. The summed E-state index contributed by atoms with van der Waals surface area (Å²) >= 11 is 0. The zero-order chi connectivity index (χ0) is 12.3. The van der Waals surface area contributed by atoms with Gasteiger partial charge in [-0.2, -0.15) is 0 Å². The van der Waals surface area contributed by atoms with Crippen LogP contribution < -0.4 is 10.5 Å². The van der Waals surface area contributed by atoms with Gasteiger partial charge >= 0.3 is 0 Å². The monoisotopic (exact) mass is 229 g/mol. The van der Waals surface area contributed by atoms with E-state index >= 15 is 0 Å². The maximum absolute atomic E-state index is 11.4. The SMILES string of the molecule is CC(=O)c1cc(N)ccc1Oc1cnccn1. The molecule has 0 radical (unpaired) electrons. The van der Waals surface area contributed by atoms with Gasteiger partial charge in [0.1, 0.15) is 5.75 Å². The highest BCUT2D eigenvalue weighted by atomic mass is 16.5. The lowest BCUT2D eigenvalue weighted by Crippen LogP contribution is -1.99. The first-order valence-corrected chi connectivity index (χ1v) is 5.01. The molecule has 0 atom stereocenters. The summed E-state index contributed by atoms with van der Waals surface area (Å²) in [6, 6.07) is 4.88. The van der Waals surface area contributed by atoms with Crippen molar-refractivity contribution in [2.45, 2.75) is 6.92 Å². The van der Waals surface area contributed by atoms with Crippen LogP contribution in [-0.4, -0.2) is 15.8 Å². The van der Waals surface area contributed by atoms with E-state index in [9.17, 15) is 4.79 Å². The second-order valence-corrected chi connectivity index (χ2v) is 3.46. The molecule has 5 nitrogen and oxygen atoms in total. The van der Waals surface area contributed by atoms with Crippen molar-refractivity contribution < 1.29 is 9.53 Å². The summed E-state index contributed by atoms with van der Waals surface area (Å²) in [4.78, 5) is 19.3. The topological polar surface area (TPSA) is 78.1 Å². The van der Waals surface area contributed by atoms with E-state index in [2.05, 4.69) is 9.97 Å². The molecule has 2 rings (SSSR count). The lowest BCUT2D eigenvalue weighted by atomic mass is 10.1. The predicted octanol–water partition coefficient (Wildman–Crippen LogP) is 2.05. The Balaban J connectivity index is 2.36. The molecule has 1 aromatic heterocycles. The first-order chi connectivity index (χ1) is 8.16. The fourth-order valence-electron chi connectivity index (χ4n) is 1.36. The summed E-state index contributed by atoms with van der Waals surface area (Å²) in [5, 5.41) is 0. The number of Topliss-reactive ketones (excluding diaryl/α,β-unsaturated/α-hetero) is 1. The third-order valence-corrected chi connectivity index (χ3v) is 2.14. The van der Waals surface area contributed by atoms with Crippen LogP contribution >= 0.6 is 0 Å². The average molecular weight is 229 g/mol. The first-order valence-electron chi connectivity index (χ1n) is 5.01. The molecule has 0 amide bonds. The fraction of sp³-hybridized carbons (Fsp3) is 0.0833. The molecule has 0 saturated heterocycles. The summed E-state index contributed by atoms with van der Waals surface area (Å²) in [5.41, 5.74) is 6.56. The molecule has 0 spiro atoms. The van der Waals surface area contributed by atoms with Crippen LogP contribution in [0, 0.1) is 0 Å². The summed E-state index contributed by atoms with van der Waals surface area (Å²) in [5.74, 6) is 0.642. The number of benzene rings is 1. The van der Waals surface area contributed by atoms with E-state index in [4.69, 9.17) is 10.5 Å². The molecule has 0 bridgehead atoms. The number of ketones is 1. The number of carbonyl (C=O) groups is 1. The van der Waals surface area contributed by atoms with Crippen LogP contribution in [0.1, 0.15) is 17.3 Å². The number of anilines is 1. The molecule has 5 heteroatoms. The number of nitrogens with two attached hydrogens (primary N) is 1. The predicted molar refractivity (Wildman–Crippen MR) is 63.0 cm³/mol. The molecular formula is C12H11N3O2. The number of nitrogen functional groups attached to an aromatic ring is 1. The quantitative estimate of drug-likeness (QED) is 0.643. The lowest BCUT2D eigenvalue weighted by molar-refractivity contribution is 0.101. The molecule has 2 N–H and O–H groups in total. The van der Waals surface area contributed by atoms with Crippen molar-refractivity contribution in [3.8, 4) is 11.6 Å². The Labute approximate surface area is 98.3 Å². The van der Waals surface area contributed by atoms with Gasteiger partial charge in [-0.25, -0.2) is 4.98 Å². The van der Waals surface area contributed by atoms with Gasteiger partial charge in [0.2, 0.25) is 5.88 Å². The van der Waals surface area contributed by atoms with E-state index in [1.807, 2.05) is 0 Å². The Kier molecular flexibility index (Phi) is 3.00. The molecule has 0 unspecified atom stereocenters. The van der Waals surface area contributed by atoms with Crippen molar-refractivity contribution in [2.24, 2.45) is 0 Å². The van der Waals surface area contributed by atoms with E-state index < -0.39 is 0 Å². The van der Waals surface area contributed by atoms with E-state index in [-0.39, 0.29) is 5.78 Å². The van der Waals surface area contributed by atoms with Crippen LogP contribution in [0.5, 0.6) is 11.6 Å². The van der Waals surface area contributed by atoms with Crippen molar-refractivity contribution in [3.63, 3.8) is 0 Å². The second kappa shape index (κ2) is 4.61. The van der Waals surface area contributed by atoms with Crippen LogP contribution in [0.15, 0.2) is 36.8 Å². The number of hydrogen-bond donors (Lipinski definition) is 1. The molecule has 17 heavy (non-hydrogen) atoms. The van der Waals surface area contributed by atoms with E-state index in [0.717, 1.165) is 0 Å². The van der Waals surface area contributed by atoms with Gasteiger partial charge in [-0.3, -0.25) is 9.78 Å². The van der Waals surface area contributed by atoms with Crippen molar-refractivity contribution >= 4 is 11.5 Å². The third kappa shape index (κ3) is 2.57. The molecule has 86 valence electrons. The fourth-order valence-corrected chi connectivity index (χ4v) is 1.36. The summed E-state index contributed by atoms with van der Waals surface area (Å²) in [7, 11) is 0. The molecule has 1 aromatic carbocycles. The zero-order valence-electron chi connectivity index (χ0n) is 9.25. The maximum atomic E-state index is 11.4. The normalized spacial score (nSPS) is 9.94. The minimum Gasteiger partial charge on any atom is -0.437 e. The van der Waals surface area contributed by atoms with Crippen LogP contribution in [-0.2, 0) is 0 Å². The Morgan fingerprint density at radius 1 is 1.35 bits per heavy atom. The van der Waals surface area contributed by atoms with Gasteiger partial charge in [0.25, 0.3) is 0 Å². The Hall–Kier alpha value is -2.43. The highest BCUT2D eigenvalue weighted by Crippen LogP contribution is 2.25. The van der Waals surface area contributed by atoms with E-state index in [1.165, 1.54) is 19.3 Å². The Morgan fingerprint density at radius 2 is 2.18 bits per heavy atom. The van der Waals surface area contributed by atoms with Crippen LogP contribution in [0.2, 0.25) is 0 Å². The summed E-state index contributed by atoms with van der Waals surface area (Å²) in [6.07, 6.45) is 4.53. The van der Waals surface area contributed by atoms with Gasteiger partial charge in [0.05, 0.1) is 11.8 Å². The molecule has 0 fully saturated rings. The molecule has 1 heterocycles. The molecule has 0 aliphatic rings. The van der Waals surface area contributed by atoms with Crippen LogP contribution in [0.25, 0.3) is 0 Å². The molecule has 0 aliphatic heterocycles. The van der Waals surface area contributed by atoms with Crippen molar-refractivity contribution in [3.05, 3.63) is 42.4 Å². The number of carbonyl (C=O) groups excluding carboxylic acids is 1. The Morgan fingerprint density at radius 3 is 2.82 bits per heavy atom. The smallest absolute Gasteiger partial charge is 0.237 e. The first kappa shape index (κ1) is 11.1. The standard InChI is InChI=1S/C12H11N3O2/c1-8(16)10-6-9(13)2-3-11(10)17-12-7-14-4-5-15-12/h2-7H,13H2,1H3. The van der Waals surface area contributed by atoms with E-state index in [0.29, 0.717) is 22.9 Å². The van der Waals surface area contributed by atoms with Crippen molar-refractivity contribution in [1.29, 1.82) is 0 Å². The highest BCUT2D eigenvalue weighted by Gasteiger charge is 2.10. The van der Waals surface area contributed by atoms with Gasteiger partial charge in [-0.05, 0) is 25.1 Å². The van der Waals surface area contributed by atoms with Crippen molar-refractivity contribution in [2.75, 3.05) is 5.73 Å². The second-order valence-electron chi connectivity index (χ2n) is 3.46. The number of rotatable bonds is 3. The molecule has 0 saturated carbocycles. The zero-order valence-corrected chi connectivity index (χ0v) is 9.25. The minimum absolute atomic E-state index is 0.115. The Bertz CT molecular complexity index is 541. The average Bonchev–Trinajstić information content (AvgIpc) is 2.32. The molecular weight excluding hydrogens is 218 g/mol. The highest BCUT2D eigenvalue weighted by molar-refractivity contribution is 5.97. The van der Waals surface area contributed by atoms with Gasteiger partial charge in [-0.15, -0.1) is 0 Å². The summed E-state index contributed by atoms with van der Waals surface area (Å²) in [6.45, 7) is 1.46. The van der Waals surface area contributed by atoms with Gasteiger partial charge in [-0.1, -0.05) is 0 Å². The third-order valence-electron chi connectivity index (χ3n) is 2.14. The summed E-state index contributed by atoms with van der Waals surface area (Å²) < 4.78 is 5.48. The van der Waals surface area contributed by atoms with Gasteiger partial charge in [0, 0.05) is 18.1 Å². The number of hydrogen-bond acceptors (Lipinski definition) is 5. The largest absolute Gasteiger partial charge is 0.437 e. The van der Waals surface area contributed by atoms with Crippen molar-refractivity contribution in [1.82, 2.24) is 9.97 Å². The number of ether oxygens (including phenoxy) is 1. The maximum Gasteiger partial charge on any atom is 0.237 e. The van der Waals surface area contributed by atoms with Gasteiger partial charge < -0.3 is 10.5 Å². The van der Waals surface area contributed by atoms with Gasteiger partial charge in [0.15, 0.2) is 5.78 Å². The number of aromatic nitrogens is 2. The molecule has 0 aliphatic carbocycles. The molecule has 2 aromatic rings. The number of nitrogens with zero attached hydrogens (tertiary/aromatic N) is 2. The van der Waals surface area contributed by atoms with Crippen LogP contribution in [0.4, 0.5) is 5.69 Å². The lowest BCUT2D eigenvalue weighted by Gasteiger charge is -2.08. The van der Waals surface area contributed by atoms with E-state index in [1.54, 1.807) is 24.4 Å².